The topological polar surface area (TPSA) is 60.2 Å². The fourth-order valence-electron chi connectivity index (χ4n) is 2.28. The van der Waals surface area contributed by atoms with Gasteiger partial charge in [-0.1, -0.05) is 0 Å². The highest BCUT2D eigenvalue weighted by Crippen LogP contribution is 2.23. The Morgan fingerprint density at radius 2 is 2.38 bits per heavy atom. The standard InChI is InChI=1S/C11H17NO2S2/c12-11(5-9-1-3-15-7-9)6-10-2-4-16(13,14)8-10/h1,3,7,10-11H,2,4-6,8,12H2. The summed E-state index contributed by atoms with van der Waals surface area (Å²) in [6.45, 7) is 0. The van der Waals surface area contributed by atoms with E-state index in [0.717, 1.165) is 19.3 Å². The second kappa shape index (κ2) is 4.85. The molecule has 2 N–H and O–H groups in total. The van der Waals surface area contributed by atoms with Crippen molar-refractivity contribution in [2.24, 2.45) is 11.7 Å². The zero-order valence-corrected chi connectivity index (χ0v) is 10.8. The predicted octanol–water partition coefficient (Wildman–Crippen LogP) is 1.44. The Morgan fingerprint density at radius 1 is 1.56 bits per heavy atom. The fraction of sp³-hybridized carbons (Fsp3) is 0.636. The third-order valence-corrected chi connectivity index (χ3v) is 5.61. The maximum atomic E-state index is 11.3. The quantitative estimate of drug-likeness (QED) is 0.890. The SMILES string of the molecule is NC(Cc1ccsc1)CC1CCS(=O)(=O)C1. The van der Waals surface area contributed by atoms with Crippen LogP contribution in [0.4, 0.5) is 0 Å². The Morgan fingerprint density at radius 3 is 2.94 bits per heavy atom. The van der Waals surface area contributed by atoms with Crippen LogP contribution in [0.2, 0.25) is 0 Å². The largest absolute Gasteiger partial charge is 0.327 e. The Bertz CT molecular complexity index is 425. The van der Waals surface area contributed by atoms with Crippen LogP contribution in [-0.4, -0.2) is 26.0 Å². The minimum atomic E-state index is -2.76. The van der Waals surface area contributed by atoms with Crippen LogP contribution in [0.15, 0.2) is 16.8 Å². The van der Waals surface area contributed by atoms with Gasteiger partial charge in [0.25, 0.3) is 0 Å². The first-order valence-corrected chi connectivity index (χ1v) is 8.29. The molecule has 0 spiro atoms. The molecular weight excluding hydrogens is 242 g/mol. The van der Waals surface area contributed by atoms with Gasteiger partial charge in [0, 0.05) is 6.04 Å². The van der Waals surface area contributed by atoms with Gasteiger partial charge in [-0.15, -0.1) is 0 Å². The van der Waals surface area contributed by atoms with Crippen molar-refractivity contribution in [1.29, 1.82) is 0 Å². The van der Waals surface area contributed by atoms with Crippen molar-refractivity contribution in [2.75, 3.05) is 11.5 Å². The molecule has 2 rings (SSSR count). The molecule has 0 amide bonds. The molecule has 0 aromatic carbocycles. The molecule has 16 heavy (non-hydrogen) atoms. The summed E-state index contributed by atoms with van der Waals surface area (Å²) < 4.78 is 22.6. The van der Waals surface area contributed by atoms with Gasteiger partial charge in [-0.2, -0.15) is 11.3 Å². The normalized spacial score (nSPS) is 25.7. The smallest absolute Gasteiger partial charge is 0.150 e. The molecule has 2 unspecified atom stereocenters. The number of hydrogen-bond acceptors (Lipinski definition) is 4. The lowest BCUT2D eigenvalue weighted by Gasteiger charge is -2.14. The number of hydrogen-bond donors (Lipinski definition) is 1. The maximum absolute atomic E-state index is 11.3. The molecule has 1 fully saturated rings. The first-order valence-electron chi connectivity index (χ1n) is 5.52. The van der Waals surface area contributed by atoms with E-state index in [0.29, 0.717) is 11.5 Å². The Balaban J connectivity index is 1.82. The number of rotatable bonds is 4. The first kappa shape index (κ1) is 12.1. The molecular formula is C11H17NO2S2. The van der Waals surface area contributed by atoms with E-state index in [4.69, 9.17) is 5.73 Å². The highest BCUT2D eigenvalue weighted by molar-refractivity contribution is 7.91. The van der Waals surface area contributed by atoms with Crippen LogP contribution < -0.4 is 5.73 Å². The average molecular weight is 259 g/mol. The lowest BCUT2D eigenvalue weighted by atomic mass is 9.96. The zero-order valence-electron chi connectivity index (χ0n) is 9.13. The van der Waals surface area contributed by atoms with Crippen molar-refractivity contribution >= 4 is 21.2 Å². The molecule has 3 nitrogen and oxygen atoms in total. The summed E-state index contributed by atoms with van der Waals surface area (Å²) in [7, 11) is -2.76. The van der Waals surface area contributed by atoms with Gasteiger partial charge in [0.05, 0.1) is 11.5 Å². The van der Waals surface area contributed by atoms with Gasteiger partial charge < -0.3 is 5.73 Å². The van der Waals surface area contributed by atoms with Gasteiger partial charge in [0.15, 0.2) is 9.84 Å². The van der Waals surface area contributed by atoms with Crippen LogP contribution >= 0.6 is 11.3 Å². The van der Waals surface area contributed by atoms with Crippen molar-refractivity contribution in [1.82, 2.24) is 0 Å². The molecule has 0 saturated carbocycles. The highest BCUT2D eigenvalue weighted by Gasteiger charge is 2.28. The monoisotopic (exact) mass is 259 g/mol. The minimum Gasteiger partial charge on any atom is -0.327 e. The van der Waals surface area contributed by atoms with E-state index in [2.05, 4.69) is 11.4 Å². The van der Waals surface area contributed by atoms with Crippen LogP contribution in [0.5, 0.6) is 0 Å². The van der Waals surface area contributed by atoms with Crippen LogP contribution in [0.1, 0.15) is 18.4 Å². The summed E-state index contributed by atoms with van der Waals surface area (Å²) in [6.07, 6.45) is 2.48. The van der Waals surface area contributed by atoms with E-state index in [1.54, 1.807) is 11.3 Å². The number of thiophene rings is 1. The van der Waals surface area contributed by atoms with Gasteiger partial charge in [0.1, 0.15) is 0 Å². The lowest BCUT2D eigenvalue weighted by molar-refractivity contribution is 0.469. The first-order chi connectivity index (χ1) is 7.55. The second-order valence-electron chi connectivity index (χ2n) is 4.60. The summed E-state index contributed by atoms with van der Waals surface area (Å²) in [5.41, 5.74) is 7.31. The Hall–Kier alpha value is -0.390. The van der Waals surface area contributed by atoms with E-state index in [1.165, 1.54) is 5.56 Å². The zero-order chi connectivity index (χ0) is 11.6. The number of sulfone groups is 1. The Labute approximate surface area is 101 Å². The van der Waals surface area contributed by atoms with Crippen LogP contribution in [0.25, 0.3) is 0 Å². The molecule has 0 bridgehead atoms. The van der Waals surface area contributed by atoms with E-state index in [1.807, 2.05) is 5.38 Å². The lowest BCUT2D eigenvalue weighted by Crippen LogP contribution is -2.26. The number of nitrogens with two attached hydrogens (primary N) is 1. The van der Waals surface area contributed by atoms with Crippen molar-refractivity contribution in [3.63, 3.8) is 0 Å². The molecule has 2 heterocycles. The van der Waals surface area contributed by atoms with E-state index in [9.17, 15) is 8.42 Å². The third-order valence-electron chi connectivity index (χ3n) is 3.04. The van der Waals surface area contributed by atoms with Gasteiger partial charge >= 0.3 is 0 Å². The molecule has 90 valence electrons. The molecule has 2 atom stereocenters. The van der Waals surface area contributed by atoms with Crippen molar-refractivity contribution in [3.8, 4) is 0 Å². The summed E-state index contributed by atoms with van der Waals surface area (Å²) in [4.78, 5) is 0. The molecule has 1 aromatic heterocycles. The summed E-state index contributed by atoms with van der Waals surface area (Å²) in [5.74, 6) is 0.964. The molecule has 0 radical (unpaired) electrons. The van der Waals surface area contributed by atoms with Crippen LogP contribution in [-0.2, 0) is 16.3 Å². The van der Waals surface area contributed by atoms with Gasteiger partial charge in [-0.25, -0.2) is 8.42 Å². The fourth-order valence-corrected chi connectivity index (χ4v) is 4.84. The van der Waals surface area contributed by atoms with E-state index >= 15 is 0 Å². The average Bonchev–Trinajstić information content (AvgIpc) is 2.76. The van der Waals surface area contributed by atoms with Crippen molar-refractivity contribution in [2.45, 2.75) is 25.3 Å². The molecule has 0 aliphatic carbocycles. The molecule has 1 aromatic rings. The summed E-state index contributed by atoms with van der Waals surface area (Å²) in [5, 5.41) is 4.15. The molecule has 1 saturated heterocycles. The van der Waals surface area contributed by atoms with E-state index in [-0.39, 0.29) is 12.0 Å². The molecule has 5 heteroatoms. The van der Waals surface area contributed by atoms with Crippen molar-refractivity contribution < 1.29 is 8.42 Å². The summed E-state index contributed by atoms with van der Waals surface area (Å²) >= 11 is 1.67. The second-order valence-corrected chi connectivity index (χ2v) is 7.61. The highest BCUT2D eigenvalue weighted by atomic mass is 32.2. The third kappa shape index (κ3) is 3.30. The predicted molar refractivity (Wildman–Crippen MR) is 67.4 cm³/mol. The van der Waals surface area contributed by atoms with Crippen molar-refractivity contribution in [3.05, 3.63) is 22.4 Å². The summed E-state index contributed by atoms with van der Waals surface area (Å²) in [6, 6.07) is 2.17. The minimum absolute atomic E-state index is 0.0906. The van der Waals surface area contributed by atoms with Crippen LogP contribution in [0, 0.1) is 5.92 Å². The maximum Gasteiger partial charge on any atom is 0.150 e. The van der Waals surface area contributed by atoms with Gasteiger partial charge in [0.2, 0.25) is 0 Å². The molecule has 1 aliphatic heterocycles. The molecule has 1 aliphatic rings. The Kier molecular flexibility index (Phi) is 3.66. The van der Waals surface area contributed by atoms with Gasteiger partial charge in [-0.3, -0.25) is 0 Å². The van der Waals surface area contributed by atoms with Gasteiger partial charge in [-0.05, 0) is 47.6 Å². The van der Waals surface area contributed by atoms with Crippen LogP contribution in [0.3, 0.4) is 0 Å². The van der Waals surface area contributed by atoms with E-state index < -0.39 is 9.84 Å².